The first kappa shape index (κ1) is 7.80. The molecule has 1 rings (SSSR count). The summed E-state index contributed by atoms with van der Waals surface area (Å²) in [5.74, 6) is 0. The Hall–Kier alpha value is -0.300. The van der Waals surface area contributed by atoms with Crippen molar-refractivity contribution in [3.8, 4) is 0 Å². The van der Waals surface area contributed by atoms with Gasteiger partial charge in [-0.1, -0.05) is 5.57 Å². The Labute approximate surface area is 63.1 Å². The van der Waals surface area contributed by atoms with E-state index in [1.807, 2.05) is 0 Å². The van der Waals surface area contributed by atoms with Crippen molar-refractivity contribution in [3.05, 3.63) is 11.1 Å². The maximum Gasteiger partial charge on any atom is 0.0785 e. The zero-order valence-corrected chi connectivity index (χ0v) is 7.11. The highest BCUT2D eigenvalue weighted by Gasteiger charge is 2.17. The second kappa shape index (κ2) is 3.20. The molecule has 0 radical (unpaired) electrons. The Kier molecular flexibility index (Phi) is 2.50. The molecule has 1 atom stereocenters. The van der Waals surface area contributed by atoms with Gasteiger partial charge in [-0.25, -0.2) is 0 Å². The van der Waals surface area contributed by atoms with Crippen LogP contribution in [0.2, 0.25) is 0 Å². The van der Waals surface area contributed by atoms with E-state index in [0.29, 0.717) is 6.10 Å². The van der Waals surface area contributed by atoms with Crippen molar-refractivity contribution in [2.24, 2.45) is 0 Å². The molecule has 0 saturated carbocycles. The summed E-state index contributed by atoms with van der Waals surface area (Å²) < 4.78 is 5.52. The molecule has 0 aromatic heterocycles. The predicted molar refractivity (Wildman–Crippen MR) is 43.0 cm³/mol. The van der Waals surface area contributed by atoms with E-state index in [9.17, 15) is 0 Å². The second-order valence-electron chi connectivity index (χ2n) is 3.18. The van der Waals surface area contributed by atoms with Gasteiger partial charge < -0.3 is 4.74 Å². The summed E-state index contributed by atoms with van der Waals surface area (Å²) >= 11 is 0. The molecule has 58 valence electrons. The highest BCUT2D eigenvalue weighted by molar-refractivity contribution is 5.12. The lowest BCUT2D eigenvalue weighted by molar-refractivity contribution is 0.136. The van der Waals surface area contributed by atoms with Crippen LogP contribution in [0.15, 0.2) is 11.1 Å². The van der Waals surface area contributed by atoms with Gasteiger partial charge in [0.05, 0.1) is 6.10 Å². The van der Waals surface area contributed by atoms with E-state index in [1.165, 1.54) is 24.0 Å². The largest absolute Gasteiger partial charge is 0.374 e. The molecule has 1 heteroatoms. The quantitative estimate of drug-likeness (QED) is 0.508. The zero-order chi connectivity index (χ0) is 7.56. The fraction of sp³-hybridized carbons (Fsp3) is 0.778. The van der Waals surface area contributed by atoms with Crippen LogP contribution in [0.25, 0.3) is 0 Å². The number of ether oxygens (including phenoxy) is 1. The Balaban J connectivity index is 2.56. The lowest BCUT2D eigenvalue weighted by atomic mass is 10.0. The molecule has 1 unspecified atom stereocenters. The summed E-state index contributed by atoms with van der Waals surface area (Å²) in [4.78, 5) is 0. The van der Waals surface area contributed by atoms with Crippen molar-refractivity contribution in [3.63, 3.8) is 0 Å². The lowest BCUT2D eigenvalue weighted by Crippen LogP contribution is -2.07. The maximum absolute atomic E-state index is 5.52. The van der Waals surface area contributed by atoms with Gasteiger partial charge >= 0.3 is 0 Å². The molecule has 1 fully saturated rings. The van der Waals surface area contributed by atoms with Crippen LogP contribution in [0, 0.1) is 0 Å². The van der Waals surface area contributed by atoms with Gasteiger partial charge in [0.1, 0.15) is 0 Å². The molecular weight excluding hydrogens is 124 g/mol. The standard InChI is InChI=1S/C9H16O/c1-7(2)8(3)9-5-4-6-10-9/h9H,4-6H2,1-3H3. The summed E-state index contributed by atoms with van der Waals surface area (Å²) in [7, 11) is 0. The van der Waals surface area contributed by atoms with Crippen molar-refractivity contribution in [1.29, 1.82) is 0 Å². The van der Waals surface area contributed by atoms with Gasteiger partial charge in [0.2, 0.25) is 0 Å². The van der Waals surface area contributed by atoms with Crippen LogP contribution in [0.3, 0.4) is 0 Å². The van der Waals surface area contributed by atoms with Crippen LogP contribution in [-0.4, -0.2) is 12.7 Å². The van der Waals surface area contributed by atoms with Gasteiger partial charge in [-0.3, -0.25) is 0 Å². The number of rotatable bonds is 1. The van der Waals surface area contributed by atoms with Crippen LogP contribution in [0.1, 0.15) is 33.6 Å². The minimum atomic E-state index is 0.435. The molecule has 1 aliphatic rings. The van der Waals surface area contributed by atoms with E-state index in [0.717, 1.165) is 6.61 Å². The van der Waals surface area contributed by atoms with Crippen LogP contribution in [-0.2, 0) is 4.74 Å². The highest BCUT2D eigenvalue weighted by atomic mass is 16.5. The fourth-order valence-corrected chi connectivity index (χ4v) is 1.24. The minimum Gasteiger partial charge on any atom is -0.374 e. The third-order valence-corrected chi connectivity index (χ3v) is 2.20. The molecule has 0 aliphatic carbocycles. The number of hydrogen-bond donors (Lipinski definition) is 0. The Morgan fingerprint density at radius 1 is 1.30 bits per heavy atom. The molecule has 0 spiro atoms. The van der Waals surface area contributed by atoms with Gasteiger partial charge in [0.25, 0.3) is 0 Å². The Bertz CT molecular complexity index is 137. The van der Waals surface area contributed by atoms with Crippen LogP contribution in [0.4, 0.5) is 0 Å². The molecular formula is C9H16O. The SMILES string of the molecule is CC(C)=C(C)C1CCCO1. The normalized spacial score (nSPS) is 24.9. The maximum atomic E-state index is 5.52. The van der Waals surface area contributed by atoms with Crippen molar-refractivity contribution in [2.45, 2.75) is 39.7 Å². The summed E-state index contributed by atoms with van der Waals surface area (Å²) in [5.41, 5.74) is 2.84. The van der Waals surface area contributed by atoms with Crippen LogP contribution >= 0.6 is 0 Å². The zero-order valence-electron chi connectivity index (χ0n) is 7.11. The molecule has 1 heterocycles. The van der Waals surface area contributed by atoms with E-state index in [-0.39, 0.29) is 0 Å². The lowest BCUT2D eigenvalue weighted by Gasteiger charge is -2.11. The molecule has 0 aromatic carbocycles. The van der Waals surface area contributed by atoms with Crippen LogP contribution in [0.5, 0.6) is 0 Å². The summed E-state index contributed by atoms with van der Waals surface area (Å²) in [6, 6.07) is 0. The van der Waals surface area contributed by atoms with Gasteiger partial charge in [-0.15, -0.1) is 0 Å². The summed E-state index contributed by atoms with van der Waals surface area (Å²) in [6.07, 6.45) is 2.89. The van der Waals surface area contributed by atoms with Gasteiger partial charge in [-0.2, -0.15) is 0 Å². The molecule has 1 nitrogen and oxygen atoms in total. The fourth-order valence-electron chi connectivity index (χ4n) is 1.24. The van der Waals surface area contributed by atoms with Gasteiger partial charge in [-0.05, 0) is 39.2 Å². The van der Waals surface area contributed by atoms with E-state index < -0.39 is 0 Å². The third kappa shape index (κ3) is 1.60. The number of allylic oxidation sites excluding steroid dienone is 1. The smallest absolute Gasteiger partial charge is 0.0785 e. The first-order chi connectivity index (χ1) is 4.72. The average molecular weight is 140 g/mol. The molecule has 0 aromatic rings. The van der Waals surface area contributed by atoms with E-state index >= 15 is 0 Å². The third-order valence-electron chi connectivity index (χ3n) is 2.20. The Morgan fingerprint density at radius 3 is 2.40 bits per heavy atom. The second-order valence-corrected chi connectivity index (χ2v) is 3.18. The highest BCUT2D eigenvalue weighted by Crippen LogP contribution is 2.21. The molecule has 1 aliphatic heterocycles. The Morgan fingerprint density at radius 2 is 2.00 bits per heavy atom. The minimum absolute atomic E-state index is 0.435. The topological polar surface area (TPSA) is 9.23 Å². The molecule has 10 heavy (non-hydrogen) atoms. The summed E-state index contributed by atoms with van der Waals surface area (Å²) in [6.45, 7) is 7.43. The van der Waals surface area contributed by atoms with E-state index in [4.69, 9.17) is 4.74 Å². The molecule has 0 bridgehead atoms. The van der Waals surface area contributed by atoms with Crippen LogP contribution < -0.4 is 0 Å². The average Bonchev–Trinajstić information content (AvgIpc) is 2.36. The first-order valence-electron chi connectivity index (χ1n) is 3.97. The number of hydrogen-bond acceptors (Lipinski definition) is 1. The van der Waals surface area contributed by atoms with E-state index in [1.54, 1.807) is 0 Å². The van der Waals surface area contributed by atoms with Crippen molar-refractivity contribution in [2.75, 3.05) is 6.61 Å². The molecule has 0 amide bonds. The predicted octanol–water partition coefficient (Wildman–Crippen LogP) is 2.52. The molecule has 1 saturated heterocycles. The monoisotopic (exact) mass is 140 g/mol. The van der Waals surface area contributed by atoms with Crippen molar-refractivity contribution >= 4 is 0 Å². The van der Waals surface area contributed by atoms with E-state index in [2.05, 4.69) is 20.8 Å². The van der Waals surface area contributed by atoms with Crippen molar-refractivity contribution < 1.29 is 4.74 Å². The van der Waals surface area contributed by atoms with Crippen molar-refractivity contribution in [1.82, 2.24) is 0 Å². The first-order valence-corrected chi connectivity index (χ1v) is 3.97. The molecule has 0 N–H and O–H groups in total. The summed E-state index contributed by atoms with van der Waals surface area (Å²) in [5, 5.41) is 0. The van der Waals surface area contributed by atoms with Gasteiger partial charge in [0, 0.05) is 6.61 Å². The van der Waals surface area contributed by atoms with Gasteiger partial charge in [0.15, 0.2) is 0 Å².